The number of aliphatic hydroxyl groups is 1. The average molecular weight is 286 g/mol. The lowest BCUT2D eigenvalue weighted by Crippen LogP contribution is -2.36. The molecule has 0 amide bonds. The maximum atomic E-state index is 12.6. The van der Waals surface area contributed by atoms with Gasteiger partial charge in [0.05, 0.1) is 5.60 Å². The molecule has 1 unspecified atom stereocenters. The smallest absolute Gasteiger partial charge is 0.425 e. The van der Waals surface area contributed by atoms with E-state index in [1.165, 1.54) is 6.20 Å². The molecule has 0 aliphatic heterocycles. The molecule has 7 heteroatoms. The van der Waals surface area contributed by atoms with Crippen molar-refractivity contribution in [2.75, 3.05) is 0 Å². The molecule has 108 valence electrons. The van der Waals surface area contributed by atoms with Crippen LogP contribution in [0, 0.1) is 11.3 Å². The van der Waals surface area contributed by atoms with Gasteiger partial charge in [0.15, 0.2) is 6.10 Å². The minimum atomic E-state index is -4.52. The third-order valence-corrected chi connectivity index (χ3v) is 3.43. The summed E-state index contributed by atoms with van der Waals surface area (Å²) in [5.41, 5.74) is -1.05. The molecule has 1 heterocycles. The Kier molecular flexibility index (Phi) is 3.61. The van der Waals surface area contributed by atoms with Crippen LogP contribution in [-0.2, 0) is 5.60 Å². The summed E-state index contributed by atoms with van der Waals surface area (Å²) in [5.74, 6) is -0.136. The van der Waals surface area contributed by atoms with Crippen molar-refractivity contribution < 1.29 is 23.0 Å². The number of halogens is 3. The third kappa shape index (κ3) is 2.70. The predicted molar refractivity (Wildman–Crippen MR) is 62.8 cm³/mol. The van der Waals surface area contributed by atoms with Gasteiger partial charge in [-0.2, -0.15) is 18.4 Å². The Hall–Kier alpha value is -1.81. The summed E-state index contributed by atoms with van der Waals surface area (Å²) in [6.07, 6.45) is -3.66. The van der Waals surface area contributed by atoms with Crippen LogP contribution in [0.4, 0.5) is 13.2 Å². The predicted octanol–water partition coefficient (Wildman–Crippen LogP) is 2.65. The molecule has 1 aromatic heterocycles. The van der Waals surface area contributed by atoms with Crippen LogP contribution in [0.5, 0.6) is 5.75 Å². The second-order valence-corrected chi connectivity index (χ2v) is 4.86. The molecular formula is C13H13F3N2O2. The van der Waals surface area contributed by atoms with Crippen LogP contribution in [0.1, 0.15) is 37.4 Å². The molecule has 1 N–H and O–H groups in total. The van der Waals surface area contributed by atoms with E-state index < -0.39 is 17.9 Å². The van der Waals surface area contributed by atoms with Gasteiger partial charge in [0.25, 0.3) is 0 Å². The minimum absolute atomic E-state index is 0.0546. The molecule has 1 aliphatic rings. The highest BCUT2D eigenvalue weighted by atomic mass is 19.4. The van der Waals surface area contributed by atoms with Gasteiger partial charge in [-0.1, -0.05) is 0 Å². The molecule has 1 aliphatic carbocycles. The van der Waals surface area contributed by atoms with Gasteiger partial charge in [-0.3, -0.25) is 0 Å². The zero-order chi connectivity index (χ0) is 15.0. The average Bonchev–Trinajstić information content (AvgIpc) is 2.34. The first kappa shape index (κ1) is 14.6. The van der Waals surface area contributed by atoms with Crippen molar-refractivity contribution in [1.82, 2.24) is 4.98 Å². The summed E-state index contributed by atoms with van der Waals surface area (Å²) in [7, 11) is 0. The summed E-state index contributed by atoms with van der Waals surface area (Å²) in [6, 6.07) is 2.87. The molecule has 0 bridgehead atoms. The standard InChI is InChI=1S/C13H13F3N2O2/c1-8(13(14,15)16)20-11-5-9(6-17)18-7-10(11)12(19)3-2-4-12/h5,7-8,19H,2-4H2,1H3. The first-order valence-electron chi connectivity index (χ1n) is 6.12. The van der Waals surface area contributed by atoms with E-state index in [1.807, 2.05) is 0 Å². The van der Waals surface area contributed by atoms with Crippen LogP contribution >= 0.6 is 0 Å². The molecule has 2 rings (SSSR count). The number of aromatic nitrogens is 1. The van der Waals surface area contributed by atoms with Crippen LogP contribution in [0.15, 0.2) is 12.3 Å². The van der Waals surface area contributed by atoms with E-state index in [0.717, 1.165) is 19.4 Å². The molecule has 0 radical (unpaired) electrons. The van der Waals surface area contributed by atoms with Crippen molar-refractivity contribution in [3.63, 3.8) is 0 Å². The second-order valence-electron chi connectivity index (χ2n) is 4.86. The number of nitriles is 1. The SMILES string of the molecule is CC(Oc1cc(C#N)ncc1C1(O)CCC1)C(F)(F)F. The number of hydrogen-bond donors (Lipinski definition) is 1. The van der Waals surface area contributed by atoms with Crippen LogP contribution in [0.2, 0.25) is 0 Å². The van der Waals surface area contributed by atoms with E-state index in [-0.39, 0.29) is 17.0 Å². The second kappa shape index (κ2) is 4.94. The van der Waals surface area contributed by atoms with Gasteiger partial charge in [-0.15, -0.1) is 0 Å². The lowest BCUT2D eigenvalue weighted by atomic mass is 9.75. The Balaban J connectivity index is 2.36. The normalized spacial score (nSPS) is 18.8. The van der Waals surface area contributed by atoms with Crippen molar-refractivity contribution in [2.24, 2.45) is 0 Å². The summed E-state index contributed by atoms with van der Waals surface area (Å²) >= 11 is 0. The van der Waals surface area contributed by atoms with Gasteiger partial charge in [0.2, 0.25) is 0 Å². The highest BCUT2D eigenvalue weighted by Gasteiger charge is 2.42. The summed E-state index contributed by atoms with van der Waals surface area (Å²) in [6.45, 7) is 0.876. The Morgan fingerprint density at radius 1 is 1.50 bits per heavy atom. The molecule has 1 atom stereocenters. The van der Waals surface area contributed by atoms with E-state index in [9.17, 15) is 18.3 Å². The zero-order valence-corrected chi connectivity index (χ0v) is 10.7. The van der Waals surface area contributed by atoms with Gasteiger partial charge in [-0.05, 0) is 26.2 Å². The molecule has 0 aromatic carbocycles. The van der Waals surface area contributed by atoms with E-state index in [4.69, 9.17) is 10.00 Å². The Labute approximate surface area is 113 Å². The van der Waals surface area contributed by atoms with Gasteiger partial charge >= 0.3 is 6.18 Å². The lowest BCUT2D eigenvalue weighted by Gasteiger charge is -2.38. The van der Waals surface area contributed by atoms with Crippen molar-refractivity contribution >= 4 is 0 Å². The summed E-state index contributed by atoms with van der Waals surface area (Å²) in [5, 5.41) is 19.0. The molecule has 4 nitrogen and oxygen atoms in total. The number of ether oxygens (including phenoxy) is 1. The van der Waals surface area contributed by atoms with Crippen LogP contribution < -0.4 is 4.74 Å². The van der Waals surface area contributed by atoms with E-state index >= 15 is 0 Å². The van der Waals surface area contributed by atoms with Crippen molar-refractivity contribution in [1.29, 1.82) is 5.26 Å². The maximum Gasteiger partial charge on any atom is 0.425 e. The topological polar surface area (TPSA) is 66.1 Å². The van der Waals surface area contributed by atoms with E-state index in [2.05, 4.69) is 4.98 Å². The number of alkyl halides is 3. The highest BCUT2D eigenvalue weighted by Crippen LogP contribution is 2.45. The monoisotopic (exact) mass is 286 g/mol. The first-order valence-corrected chi connectivity index (χ1v) is 6.12. The zero-order valence-electron chi connectivity index (χ0n) is 10.7. The van der Waals surface area contributed by atoms with Gasteiger partial charge in [-0.25, -0.2) is 4.98 Å². The van der Waals surface area contributed by atoms with Crippen molar-refractivity contribution in [3.05, 3.63) is 23.5 Å². The molecular weight excluding hydrogens is 273 g/mol. The molecule has 0 spiro atoms. The number of hydrogen-bond acceptors (Lipinski definition) is 4. The van der Waals surface area contributed by atoms with Crippen LogP contribution in [0.3, 0.4) is 0 Å². The summed E-state index contributed by atoms with van der Waals surface area (Å²) < 4.78 is 42.6. The van der Waals surface area contributed by atoms with Crippen LogP contribution in [0.25, 0.3) is 0 Å². The molecule has 1 fully saturated rings. The third-order valence-electron chi connectivity index (χ3n) is 3.43. The highest BCUT2D eigenvalue weighted by molar-refractivity contribution is 5.41. The molecule has 1 saturated carbocycles. The quantitative estimate of drug-likeness (QED) is 0.927. The van der Waals surface area contributed by atoms with Gasteiger partial charge in [0.1, 0.15) is 17.5 Å². The van der Waals surface area contributed by atoms with Crippen LogP contribution in [-0.4, -0.2) is 22.4 Å². The lowest BCUT2D eigenvalue weighted by molar-refractivity contribution is -0.190. The molecule has 0 saturated heterocycles. The fourth-order valence-corrected chi connectivity index (χ4v) is 1.98. The molecule has 20 heavy (non-hydrogen) atoms. The molecule has 1 aromatic rings. The summed E-state index contributed by atoms with van der Waals surface area (Å²) in [4.78, 5) is 3.79. The van der Waals surface area contributed by atoms with Crippen molar-refractivity contribution in [2.45, 2.75) is 44.1 Å². The fraction of sp³-hybridized carbons (Fsp3) is 0.538. The first-order chi connectivity index (χ1) is 9.26. The minimum Gasteiger partial charge on any atom is -0.481 e. The Bertz CT molecular complexity index is 548. The Morgan fingerprint density at radius 2 is 2.15 bits per heavy atom. The van der Waals surface area contributed by atoms with Crippen molar-refractivity contribution in [3.8, 4) is 11.8 Å². The fourth-order valence-electron chi connectivity index (χ4n) is 1.98. The number of rotatable bonds is 3. The Morgan fingerprint density at radius 3 is 2.60 bits per heavy atom. The number of pyridine rings is 1. The largest absolute Gasteiger partial charge is 0.481 e. The maximum absolute atomic E-state index is 12.6. The van der Waals surface area contributed by atoms with E-state index in [0.29, 0.717) is 12.8 Å². The number of nitrogens with zero attached hydrogens (tertiary/aromatic N) is 2. The van der Waals surface area contributed by atoms with E-state index in [1.54, 1.807) is 6.07 Å². The van der Waals surface area contributed by atoms with Gasteiger partial charge < -0.3 is 9.84 Å². The van der Waals surface area contributed by atoms with Gasteiger partial charge in [0, 0.05) is 17.8 Å².